The molecule has 1 fully saturated rings. The first-order valence-electron chi connectivity index (χ1n) is 8.67. The first kappa shape index (κ1) is 15.8. The smallest absolute Gasteiger partial charge is 0.259 e. The van der Waals surface area contributed by atoms with Crippen molar-refractivity contribution in [2.45, 2.75) is 25.3 Å². The number of anilines is 1. The molecule has 1 aliphatic heterocycles. The van der Waals surface area contributed by atoms with Crippen molar-refractivity contribution >= 4 is 5.82 Å². The van der Waals surface area contributed by atoms with E-state index in [1.807, 2.05) is 30.3 Å². The molecule has 1 saturated heterocycles. The van der Waals surface area contributed by atoms with Crippen LogP contribution in [0.5, 0.6) is 0 Å². The zero-order valence-corrected chi connectivity index (χ0v) is 14.0. The van der Waals surface area contributed by atoms with E-state index in [4.69, 9.17) is 4.52 Å². The molecule has 128 valence electrons. The quantitative estimate of drug-likeness (QED) is 0.747. The molecular formula is C19H21N5O. The number of pyridine rings is 1. The minimum absolute atomic E-state index is 0.487. The molecule has 0 radical (unpaired) electrons. The third-order valence-electron chi connectivity index (χ3n) is 4.37. The zero-order valence-electron chi connectivity index (χ0n) is 14.0. The lowest BCUT2D eigenvalue weighted by atomic mass is 10.1. The van der Waals surface area contributed by atoms with E-state index in [9.17, 15) is 0 Å². The molecule has 6 heteroatoms. The number of hydrogen-bond donors (Lipinski definition) is 2. The van der Waals surface area contributed by atoms with Gasteiger partial charge in [0.15, 0.2) is 5.82 Å². The van der Waals surface area contributed by atoms with E-state index in [1.54, 1.807) is 6.20 Å². The number of rotatable bonds is 5. The number of nitrogens with one attached hydrogen (secondary N) is 2. The highest BCUT2D eigenvalue weighted by atomic mass is 16.5. The molecule has 2 N–H and O–H groups in total. The van der Waals surface area contributed by atoms with Crippen LogP contribution in [0.25, 0.3) is 11.5 Å². The SMILES string of the molecule is c1ccc(Cc2noc(-c3ccc(NC4CCNCC4)nc3)n2)cc1. The highest BCUT2D eigenvalue weighted by Crippen LogP contribution is 2.19. The number of hydrogen-bond acceptors (Lipinski definition) is 6. The Kier molecular flexibility index (Phi) is 4.70. The molecule has 0 atom stereocenters. The average Bonchev–Trinajstić information content (AvgIpc) is 3.12. The second-order valence-electron chi connectivity index (χ2n) is 6.28. The van der Waals surface area contributed by atoms with Crippen LogP contribution in [-0.2, 0) is 6.42 Å². The molecule has 4 rings (SSSR count). The minimum atomic E-state index is 0.487. The van der Waals surface area contributed by atoms with Gasteiger partial charge in [-0.25, -0.2) is 4.98 Å². The predicted octanol–water partition coefficient (Wildman–Crippen LogP) is 2.89. The van der Waals surface area contributed by atoms with Gasteiger partial charge in [0, 0.05) is 18.7 Å². The van der Waals surface area contributed by atoms with Crippen LogP contribution in [0.3, 0.4) is 0 Å². The summed E-state index contributed by atoms with van der Waals surface area (Å²) in [5.41, 5.74) is 2.00. The molecule has 6 nitrogen and oxygen atoms in total. The van der Waals surface area contributed by atoms with Crippen molar-refractivity contribution in [3.8, 4) is 11.5 Å². The lowest BCUT2D eigenvalue weighted by Crippen LogP contribution is -2.35. The molecule has 0 bridgehead atoms. The third-order valence-corrected chi connectivity index (χ3v) is 4.37. The Labute approximate surface area is 146 Å². The molecular weight excluding hydrogens is 314 g/mol. The van der Waals surface area contributed by atoms with Crippen molar-refractivity contribution in [2.24, 2.45) is 0 Å². The molecule has 0 aliphatic carbocycles. The summed E-state index contributed by atoms with van der Waals surface area (Å²) >= 11 is 0. The normalized spacial score (nSPS) is 15.2. The van der Waals surface area contributed by atoms with Crippen LogP contribution >= 0.6 is 0 Å². The van der Waals surface area contributed by atoms with Gasteiger partial charge >= 0.3 is 0 Å². The highest BCUT2D eigenvalue weighted by Gasteiger charge is 2.14. The Morgan fingerprint density at radius 2 is 1.92 bits per heavy atom. The summed E-state index contributed by atoms with van der Waals surface area (Å²) in [6, 6.07) is 14.5. The molecule has 1 aromatic carbocycles. The number of nitrogens with zero attached hydrogens (tertiary/aromatic N) is 3. The first-order chi connectivity index (χ1) is 12.4. The minimum Gasteiger partial charge on any atom is -0.367 e. The average molecular weight is 335 g/mol. The highest BCUT2D eigenvalue weighted by molar-refractivity contribution is 5.54. The standard InChI is InChI=1S/C19H21N5O/c1-2-4-14(5-3-1)12-18-23-19(25-24-18)15-6-7-17(21-13-15)22-16-8-10-20-11-9-16/h1-7,13,16,20H,8-12H2,(H,21,22). The summed E-state index contributed by atoms with van der Waals surface area (Å²) in [5.74, 6) is 2.07. The summed E-state index contributed by atoms with van der Waals surface area (Å²) < 4.78 is 5.38. The van der Waals surface area contributed by atoms with E-state index in [-0.39, 0.29) is 0 Å². The number of benzene rings is 1. The maximum atomic E-state index is 5.38. The van der Waals surface area contributed by atoms with Crippen LogP contribution in [0, 0.1) is 0 Å². The molecule has 3 aromatic rings. The van der Waals surface area contributed by atoms with Crippen molar-refractivity contribution in [2.75, 3.05) is 18.4 Å². The Balaban J connectivity index is 1.41. The molecule has 3 heterocycles. The van der Waals surface area contributed by atoms with Gasteiger partial charge in [0.05, 0.1) is 5.56 Å². The molecule has 1 aliphatic rings. The summed E-state index contributed by atoms with van der Waals surface area (Å²) in [5, 5.41) is 10.9. The maximum Gasteiger partial charge on any atom is 0.259 e. The molecule has 2 aromatic heterocycles. The topological polar surface area (TPSA) is 75.9 Å². The Bertz CT molecular complexity index is 794. The Hall–Kier alpha value is -2.73. The van der Waals surface area contributed by atoms with Crippen LogP contribution in [0.1, 0.15) is 24.2 Å². The Morgan fingerprint density at radius 3 is 2.68 bits per heavy atom. The lowest BCUT2D eigenvalue weighted by molar-refractivity contribution is 0.424. The lowest BCUT2D eigenvalue weighted by Gasteiger charge is -2.24. The van der Waals surface area contributed by atoms with Gasteiger partial charge in [-0.3, -0.25) is 0 Å². The van der Waals surface area contributed by atoms with Crippen molar-refractivity contribution < 1.29 is 4.52 Å². The van der Waals surface area contributed by atoms with Crippen LogP contribution in [-0.4, -0.2) is 34.3 Å². The Morgan fingerprint density at radius 1 is 1.08 bits per heavy atom. The third kappa shape index (κ3) is 4.03. The van der Waals surface area contributed by atoms with E-state index in [1.165, 1.54) is 0 Å². The summed E-state index contributed by atoms with van der Waals surface area (Å²) in [4.78, 5) is 8.96. The molecule has 25 heavy (non-hydrogen) atoms. The number of piperidine rings is 1. The van der Waals surface area contributed by atoms with Gasteiger partial charge in [-0.05, 0) is 43.6 Å². The van der Waals surface area contributed by atoms with Gasteiger partial charge in [-0.1, -0.05) is 35.5 Å². The maximum absolute atomic E-state index is 5.38. The fourth-order valence-electron chi connectivity index (χ4n) is 3.00. The van der Waals surface area contributed by atoms with E-state index >= 15 is 0 Å². The molecule has 0 unspecified atom stereocenters. The van der Waals surface area contributed by atoms with Crippen molar-refractivity contribution in [1.29, 1.82) is 0 Å². The predicted molar refractivity (Wildman–Crippen MR) is 96.3 cm³/mol. The van der Waals surface area contributed by atoms with Crippen molar-refractivity contribution in [1.82, 2.24) is 20.4 Å². The van der Waals surface area contributed by atoms with Crippen LogP contribution in [0.2, 0.25) is 0 Å². The largest absolute Gasteiger partial charge is 0.367 e. The van der Waals surface area contributed by atoms with Gasteiger partial charge in [0.2, 0.25) is 0 Å². The van der Waals surface area contributed by atoms with Gasteiger partial charge in [0.1, 0.15) is 5.82 Å². The number of aromatic nitrogens is 3. The van der Waals surface area contributed by atoms with Crippen LogP contribution < -0.4 is 10.6 Å². The molecule has 0 amide bonds. The van der Waals surface area contributed by atoms with E-state index < -0.39 is 0 Å². The second kappa shape index (κ2) is 7.44. The van der Waals surface area contributed by atoms with E-state index in [2.05, 4.69) is 37.9 Å². The van der Waals surface area contributed by atoms with E-state index in [0.717, 1.165) is 42.9 Å². The molecule has 0 spiro atoms. The molecule has 0 saturated carbocycles. The fraction of sp³-hybridized carbons (Fsp3) is 0.316. The second-order valence-corrected chi connectivity index (χ2v) is 6.28. The van der Waals surface area contributed by atoms with Gasteiger partial charge in [-0.2, -0.15) is 4.98 Å². The van der Waals surface area contributed by atoms with Crippen LogP contribution in [0.4, 0.5) is 5.82 Å². The fourth-order valence-corrected chi connectivity index (χ4v) is 3.00. The van der Waals surface area contributed by atoms with Crippen LogP contribution in [0.15, 0.2) is 53.2 Å². The zero-order chi connectivity index (χ0) is 16.9. The van der Waals surface area contributed by atoms with Crippen molar-refractivity contribution in [3.05, 3.63) is 60.0 Å². The van der Waals surface area contributed by atoms with Gasteiger partial charge in [0.25, 0.3) is 5.89 Å². The summed E-state index contributed by atoms with van der Waals surface area (Å²) in [7, 11) is 0. The monoisotopic (exact) mass is 335 g/mol. The van der Waals surface area contributed by atoms with Gasteiger partial charge in [-0.15, -0.1) is 0 Å². The van der Waals surface area contributed by atoms with Crippen molar-refractivity contribution in [3.63, 3.8) is 0 Å². The summed E-state index contributed by atoms with van der Waals surface area (Å²) in [6.45, 7) is 2.11. The van der Waals surface area contributed by atoms with Gasteiger partial charge < -0.3 is 15.2 Å². The van der Waals surface area contributed by atoms with E-state index in [0.29, 0.717) is 24.2 Å². The summed E-state index contributed by atoms with van der Waals surface area (Å²) in [6.07, 6.45) is 4.68. The first-order valence-corrected chi connectivity index (χ1v) is 8.67.